The fourth-order valence-corrected chi connectivity index (χ4v) is 3.84. The summed E-state index contributed by atoms with van der Waals surface area (Å²) in [7, 11) is -2.36. The van der Waals surface area contributed by atoms with E-state index in [-0.39, 0.29) is 22.6 Å². The van der Waals surface area contributed by atoms with Gasteiger partial charge >= 0.3 is 5.97 Å². The molecule has 0 saturated carbocycles. The van der Waals surface area contributed by atoms with Crippen LogP contribution in [0.3, 0.4) is 0 Å². The minimum absolute atomic E-state index is 0.0203. The van der Waals surface area contributed by atoms with Crippen LogP contribution in [0.25, 0.3) is 0 Å². The minimum atomic E-state index is -3.73. The van der Waals surface area contributed by atoms with Crippen LogP contribution in [0.15, 0.2) is 23.1 Å². The van der Waals surface area contributed by atoms with Crippen LogP contribution in [-0.4, -0.2) is 55.9 Å². The molecule has 0 heterocycles. The quantitative estimate of drug-likeness (QED) is 0.676. The van der Waals surface area contributed by atoms with Gasteiger partial charge in [0.1, 0.15) is 5.75 Å². The van der Waals surface area contributed by atoms with E-state index in [4.69, 9.17) is 9.84 Å². The Hall–Kier alpha value is -2.13. The molecule has 2 N–H and O–H groups in total. The van der Waals surface area contributed by atoms with E-state index in [9.17, 15) is 18.0 Å². The maximum Gasteiger partial charge on any atom is 0.305 e. The number of benzene rings is 1. The van der Waals surface area contributed by atoms with E-state index >= 15 is 0 Å². The molecule has 1 aromatic rings. The number of nitrogens with one attached hydrogen (secondary N) is 1. The average molecular weight is 372 g/mol. The number of hydrogen-bond acceptors (Lipinski definition) is 5. The van der Waals surface area contributed by atoms with Crippen molar-refractivity contribution in [3.63, 3.8) is 0 Å². The Morgan fingerprint density at radius 2 is 1.88 bits per heavy atom. The third-order valence-electron chi connectivity index (χ3n) is 3.62. The molecular weight excluding hydrogens is 348 g/mol. The monoisotopic (exact) mass is 372 g/mol. The molecule has 140 valence electrons. The number of carbonyl (C=O) groups is 2. The van der Waals surface area contributed by atoms with E-state index in [0.717, 1.165) is 0 Å². The molecule has 8 nitrogen and oxygen atoms in total. The van der Waals surface area contributed by atoms with Crippen LogP contribution >= 0.6 is 0 Å². The van der Waals surface area contributed by atoms with E-state index in [0.29, 0.717) is 13.1 Å². The molecule has 1 unspecified atom stereocenters. The summed E-state index contributed by atoms with van der Waals surface area (Å²) in [5, 5.41) is 11.3. The zero-order chi connectivity index (χ0) is 19.2. The predicted octanol–water partition coefficient (Wildman–Crippen LogP) is 1.32. The van der Waals surface area contributed by atoms with Crippen molar-refractivity contribution in [2.24, 2.45) is 0 Å². The summed E-state index contributed by atoms with van der Waals surface area (Å²) in [5.74, 6) is -1.43. The number of hydrogen-bond donors (Lipinski definition) is 2. The van der Waals surface area contributed by atoms with E-state index in [1.807, 2.05) is 0 Å². The molecule has 25 heavy (non-hydrogen) atoms. The number of amides is 1. The van der Waals surface area contributed by atoms with Crippen LogP contribution in [0, 0.1) is 0 Å². The largest absolute Gasteiger partial charge is 0.496 e. The van der Waals surface area contributed by atoms with Crippen LogP contribution in [0.1, 0.15) is 37.6 Å². The van der Waals surface area contributed by atoms with Gasteiger partial charge in [-0.3, -0.25) is 9.59 Å². The van der Waals surface area contributed by atoms with Gasteiger partial charge < -0.3 is 15.2 Å². The third-order valence-corrected chi connectivity index (χ3v) is 5.66. The second-order valence-corrected chi connectivity index (χ2v) is 7.36. The van der Waals surface area contributed by atoms with Gasteiger partial charge in [0.05, 0.1) is 24.0 Å². The highest BCUT2D eigenvalue weighted by atomic mass is 32.2. The Labute approximate surface area is 147 Å². The minimum Gasteiger partial charge on any atom is -0.496 e. The van der Waals surface area contributed by atoms with Gasteiger partial charge in [0.2, 0.25) is 10.0 Å². The highest BCUT2D eigenvalue weighted by molar-refractivity contribution is 7.89. The van der Waals surface area contributed by atoms with Crippen molar-refractivity contribution in [3.8, 4) is 5.75 Å². The predicted molar refractivity (Wildman–Crippen MR) is 92.3 cm³/mol. The number of carboxylic acids is 1. The summed E-state index contributed by atoms with van der Waals surface area (Å²) in [6, 6.07) is 3.42. The number of carboxylic acid groups (broad SMARTS) is 1. The number of nitrogens with zero attached hydrogens (tertiary/aromatic N) is 1. The maximum absolute atomic E-state index is 12.6. The lowest BCUT2D eigenvalue weighted by Crippen LogP contribution is -2.35. The van der Waals surface area contributed by atoms with Crippen molar-refractivity contribution >= 4 is 21.9 Å². The number of rotatable bonds is 9. The normalized spacial score (nSPS) is 12.7. The Balaban J connectivity index is 3.23. The summed E-state index contributed by atoms with van der Waals surface area (Å²) < 4.78 is 31.6. The van der Waals surface area contributed by atoms with Gasteiger partial charge in [-0.05, 0) is 25.1 Å². The highest BCUT2D eigenvalue weighted by Gasteiger charge is 2.25. The fraction of sp³-hybridized carbons (Fsp3) is 0.500. The molecule has 0 bridgehead atoms. The first-order chi connectivity index (χ1) is 11.7. The van der Waals surface area contributed by atoms with Crippen LogP contribution in [0.4, 0.5) is 0 Å². The molecule has 1 aromatic carbocycles. The van der Waals surface area contributed by atoms with Crippen LogP contribution < -0.4 is 10.1 Å². The number of carbonyl (C=O) groups excluding carboxylic acids is 1. The number of methoxy groups -OCH3 is 1. The lowest BCUT2D eigenvalue weighted by Gasteiger charge is -2.20. The van der Waals surface area contributed by atoms with E-state index in [2.05, 4.69) is 5.32 Å². The molecule has 1 atom stereocenters. The van der Waals surface area contributed by atoms with E-state index in [1.54, 1.807) is 20.8 Å². The van der Waals surface area contributed by atoms with E-state index < -0.39 is 27.9 Å². The zero-order valence-corrected chi connectivity index (χ0v) is 15.6. The lowest BCUT2D eigenvalue weighted by molar-refractivity contribution is -0.137. The topological polar surface area (TPSA) is 113 Å². The van der Waals surface area contributed by atoms with Crippen LogP contribution in [-0.2, 0) is 14.8 Å². The molecule has 0 aliphatic rings. The molecule has 0 spiro atoms. The standard InChI is InChI=1S/C16H24N2O6S/c1-5-18(6-2)25(22,23)12-7-8-14(24-4)13(10-12)16(21)17-11(3)9-15(19)20/h7-8,10-11H,5-6,9H2,1-4H3,(H,17,21)(H,19,20). The molecule has 0 aromatic heterocycles. The van der Waals surface area contributed by atoms with Crippen molar-refractivity contribution in [1.29, 1.82) is 0 Å². The molecule has 0 fully saturated rings. The summed E-state index contributed by atoms with van der Waals surface area (Å²) in [6.07, 6.45) is -0.245. The fourth-order valence-electron chi connectivity index (χ4n) is 2.35. The average Bonchev–Trinajstić information content (AvgIpc) is 2.54. The second kappa shape index (κ2) is 8.82. The SMILES string of the molecule is CCN(CC)S(=O)(=O)c1ccc(OC)c(C(=O)NC(C)CC(=O)O)c1. The molecule has 0 saturated heterocycles. The number of sulfonamides is 1. The number of ether oxygens (including phenoxy) is 1. The molecule has 0 radical (unpaired) electrons. The molecule has 1 rings (SSSR count). The van der Waals surface area contributed by atoms with Crippen LogP contribution in [0.5, 0.6) is 5.75 Å². The van der Waals surface area contributed by atoms with Gasteiger partial charge in [0.15, 0.2) is 0 Å². The first-order valence-corrected chi connectivity index (χ1v) is 9.32. The summed E-state index contributed by atoms with van der Waals surface area (Å²) in [4.78, 5) is 23.1. The second-order valence-electron chi connectivity index (χ2n) is 5.42. The van der Waals surface area contributed by atoms with Crippen molar-refractivity contribution in [2.45, 2.75) is 38.1 Å². The van der Waals surface area contributed by atoms with Crippen molar-refractivity contribution in [3.05, 3.63) is 23.8 Å². The Kier molecular flexibility index (Phi) is 7.38. The van der Waals surface area contributed by atoms with Crippen molar-refractivity contribution < 1.29 is 27.9 Å². The van der Waals surface area contributed by atoms with E-state index in [1.165, 1.54) is 29.6 Å². The molecule has 0 aliphatic carbocycles. The highest BCUT2D eigenvalue weighted by Crippen LogP contribution is 2.24. The summed E-state index contributed by atoms with van der Waals surface area (Å²) in [5.41, 5.74) is 0.0352. The molecular formula is C16H24N2O6S. The van der Waals surface area contributed by atoms with Gasteiger partial charge in [0.25, 0.3) is 5.91 Å². The Morgan fingerprint density at radius 1 is 1.28 bits per heavy atom. The van der Waals surface area contributed by atoms with Gasteiger partial charge in [-0.25, -0.2) is 8.42 Å². The summed E-state index contributed by atoms with van der Waals surface area (Å²) >= 11 is 0. The van der Waals surface area contributed by atoms with Gasteiger partial charge in [0, 0.05) is 19.1 Å². The lowest BCUT2D eigenvalue weighted by atomic mass is 10.1. The third kappa shape index (κ3) is 5.17. The zero-order valence-electron chi connectivity index (χ0n) is 14.8. The Morgan fingerprint density at radius 3 is 2.36 bits per heavy atom. The Bertz CT molecular complexity index is 728. The van der Waals surface area contributed by atoms with Crippen molar-refractivity contribution in [2.75, 3.05) is 20.2 Å². The van der Waals surface area contributed by atoms with Crippen LogP contribution in [0.2, 0.25) is 0 Å². The maximum atomic E-state index is 12.6. The first kappa shape index (κ1) is 20.9. The summed E-state index contributed by atoms with van der Waals surface area (Å²) in [6.45, 7) is 5.62. The molecule has 9 heteroatoms. The molecule has 0 aliphatic heterocycles. The first-order valence-electron chi connectivity index (χ1n) is 7.88. The smallest absolute Gasteiger partial charge is 0.305 e. The molecule has 1 amide bonds. The van der Waals surface area contributed by atoms with Gasteiger partial charge in [-0.2, -0.15) is 4.31 Å². The van der Waals surface area contributed by atoms with Gasteiger partial charge in [-0.1, -0.05) is 13.8 Å². The number of aliphatic carboxylic acids is 1. The van der Waals surface area contributed by atoms with Gasteiger partial charge in [-0.15, -0.1) is 0 Å². The van der Waals surface area contributed by atoms with Crippen molar-refractivity contribution in [1.82, 2.24) is 9.62 Å².